The average Bonchev–Trinajstić information content (AvgIpc) is 2.75. The lowest BCUT2D eigenvalue weighted by molar-refractivity contribution is 0.373. The van der Waals surface area contributed by atoms with Crippen molar-refractivity contribution in [2.45, 2.75) is 6.04 Å². The van der Waals surface area contributed by atoms with E-state index in [1.165, 1.54) is 0 Å². The lowest BCUT2D eigenvalue weighted by atomic mass is 10.0. The van der Waals surface area contributed by atoms with Crippen LogP contribution in [0.15, 0.2) is 24.3 Å². The number of nitrogens with zero attached hydrogens (tertiary/aromatic N) is 2. The van der Waals surface area contributed by atoms with Crippen molar-refractivity contribution >= 4 is 23.2 Å². The zero-order valence-electron chi connectivity index (χ0n) is 10.5. The number of hydrogen-bond acceptors (Lipinski definition) is 4. The van der Waals surface area contributed by atoms with Crippen molar-refractivity contribution < 1.29 is 4.74 Å². The van der Waals surface area contributed by atoms with E-state index in [2.05, 4.69) is 10.5 Å². The maximum atomic E-state index is 6.02. The highest BCUT2D eigenvalue weighted by molar-refractivity contribution is 6.42. The normalized spacial score (nSPS) is 12.5. The molecule has 3 N–H and O–H groups in total. The predicted molar refractivity (Wildman–Crippen MR) is 75.4 cm³/mol. The Morgan fingerprint density at radius 2 is 2.05 bits per heavy atom. The first-order valence-electron chi connectivity index (χ1n) is 5.55. The van der Waals surface area contributed by atoms with Crippen LogP contribution < -0.4 is 16.0 Å². The third-order valence-corrected chi connectivity index (χ3v) is 3.54. The maximum absolute atomic E-state index is 6.02. The summed E-state index contributed by atoms with van der Waals surface area (Å²) in [6.07, 6.45) is 0. The second-order valence-electron chi connectivity index (χ2n) is 4.01. The molecule has 0 amide bonds. The lowest BCUT2D eigenvalue weighted by Crippen LogP contribution is -2.29. The monoisotopic (exact) mass is 300 g/mol. The molecule has 1 atom stereocenters. The number of aryl methyl sites for hydroxylation is 1. The fourth-order valence-corrected chi connectivity index (χ4v) is 2.15. The molecule has 7 heteroatoms. The van der Waals surface area contributed by atoms with Gasteiger partial charge in [-0.3, -0.25) is 5.84 Å². The summed E-state index contributed by atoms with van der Waals surface area (Å²) < 4.78 is 6.82. The van der Waals surface area contributed by atoms with Crippen LogP contribution in [0.4, 0.5) is 0 Å². The molecular weight excluding hydrogens is 287 g/mol. The van der Waals surface area contributed by atoms with Gasteiger partial charge in [0.1, 0.15) is 0 Å². The molecule has 0 fully saturated rings. The Balaban J connectivity index is 2.40. The summed E-state index contributed by atoms with van der Waals surface area (Å²) in [6, 6.07) is 6.86. The van der Waals surface area contributed by atoms with Crippen LogP contribution in [0.25, 0.3) is 0 Å². The summed E-state index contributed by atoms with van der Waals surface area (Å²) in [4.78, 5) is 0. The van der Waals surface area contributed by atoms with E-state index in [-0.39, 0.29) is 6.04 Å². The standard InChI is InChI=1S/C12H14Cl2N4O/c1-18-11(19-2)6-10(17-18)12(16-15)7-3-4-8(13)9(14)5-7/h3-6,12,16H,15H2,1-2H3. The first kappa shape index (κ1) is 14.1. The molecule has 1 heterocycles. The molecule has 2 aromatic rings. The van der Waals surface area contributed by atoms with Gasteiger partial charge in [-0.15, -0.1) is 0 Å². The first-order chi connectivity index (χ1) is 9.06. The quantitative estimate of drug-likeness (QED) is 0.672. The van der Waals surface area contributed by atoms with E-state index in [0.29, 0.717) is 15.9 Å². The minimum atomic E-state index is -0.287. The highest BCUT2D eigenvalue weighted by Gasteiger charge is 2.18. The predicted octanol–water partition coefficient (Wildman–Crippen LogP) is 2.29. The second kappa shape index (κ2) is 5.79. The molecule has 0 aliphatic heterocycles. The zero-order chi connectivity index (χ0) is 14.0. The number of rotatable bonds is 4. The van der Waals surface area contributed by atoms with Crippen molar-refractivity contribution in [3.63, 3.8) is 0 Å². The number of ether oxygens (including phenoxy) is 1. The second-order valence-corrected chi connectivity index (χ2v) is 4.82. The van der Waals surface area contributed by atoms with Crippen LogP contribution in [0.5, 0.6) is 5.88 Å². The Morgan fingerprint density at radius 3 is 2.58 bits per heavy atom. The van der Waals surface area contributed by atoms with E-state index in [1.54, 1.807) is 31.0 Å². The van der Waals surface area contributed by atoms with Gasteiger partial charge in [-0.1, -0.05) is 29.3 Å². The van der Waals surface area contributed by atoms with Gasteiger partial charge in [0.2, 0.25) is 5.88 Å². The van der Waals surface area contributed by atoms with Gasteiger partial charge in [0, 0.05) is 13.1 Å². The Kier molecular flexibility index (Phi) is 4.31. The Hall–Kier alpha value is -1.27. The Morgan fingerprint density at radius 1 is 1.32 bits per heavy atom. The van der Waals surface area contributed by atoms with Crippen molar-refractivity contribution in [1.82, 2.24) is 15.2 Å². The minimum absolute atomic E-state index is 0.287. The molecule has 0 saturated carbocycles. The third kappa shape index (κ3) is 2.84. The van der Waals surface area contributed by atoms with E-state index in [1.807, 2.05) is 12.1 Å². The Bertz CT molecular complexity index is 585. The van der Waals surface area contributed by atoms with Gasteiger partial charge >= 0.3 is 0 Å². The highest BCUT2D eigenvalue weighted by atomic mass is 35.5. The number of nitrogens with one attached hydrogen (secondary N) is 1. The van der Waals surface area contributed by atoms with Crippen LogP contribution in [0.3, 0.4) is 0 Å². The summed E-state index contributed by atoms with van der Waals surface area (Å²) in [5.74, 6) is 6.26. The maximum Gasteiger partial charge on any atom is 0.211 e. The number of hydrazine groups is 1. The zero-order valence-corrected chi connectivity index (χ0v) is 12.0. The van der Waals surface area contributed by atoms with E-state index in [9.17, 15) is 0 Å². The number of benzene rings is 1. The number of nitrogens with two attached hydrogens (primary N) is 1. The topological polar surface area (TPSA) is 65.1 Å². The average molecular weight is 301 g/mol. The molecule has 0 aliphatic rings. The summed E-state index contributed by atoms with van der Waals surface area (Å²) in [6.45, 7) is 0. The molecule has 102 valence electrons. The summed E-state index contributed by atoms with van der Waals surface area (Å²) in [5, 5.41) is 5.33. The summed E-state index contributed by atoms with van der Waals surface area (Å²) in [5.41, 5.74) is 4.32. The van der Waals surface area contributed by atoms with Crippen molar-refractivity contribution in [1.29, 1.82) is 0 Å². The first-order valence-corrected chi connectivity index (χ1v) is 6.31. The van der Waals surface area contributed by atoms with Gasteiger partial charge in [-0.25, -0.2) is 10.1 Å². The minimum Gasteiger partial charge on any atom is -0.481 e. The lowest BCUT2D eigenvalue weighted by Gasteiger charge is -2.14. The van der Waals surface area contributed by atoms with Crippen molar-refractivity contribution in [2.75, 3.05) is 7.11 Å². The fraction of sp³-hybridized carbons (Fsp3) is 0.250. The molecule has 1 aromatic carbocycles. The number of hydrogen-bond donors (Lipinski definition) is 2. The fourth-order valence-electron chi connectivity index (χ4n) is 1.85. The van der Waals surface area contributed by atoms with E-state index < -0.39 is 0 Å². The van der Waals surface area contributed by atoms with Gasteiger partial charge in [0.25, 0.3) is 0 Å². The van der Waals surface area contributed by atoms with Gasteiger partial charge in [-0.2, -0.15) is 5.10 Å². The van der Waals surface area contributed by atoms with Crippen molar-refractivity contribution in [2.24, 2.45) is 12.9 Å². The molecule has 1 unspecified atom stereocenters. The van der Waals surface area contributed by atoms with Crippen molar-refractivity contribution in [3.8, 4) is 5.88 Å². The molecule has 0 spiro atoms. The van der Waals surface area contributed by atoms with Crippen LogP contribution in [-0.2, 0) is 7.05 Å². The highest BCUT2D eigenvalue weighted by Crippen LogP contribution is 2.29. The molecule has 0 aliphatic carbocycles. The molecule has 5 nitrogen and oxygen atoms in total. The molecule has 0 bridgehead atoms. The largest absolute Gasteiger partial charge is 0.481 e. The van der Waals surface area contributed by atoms with Gasteiger partial charge in [-0.05, 0) is 17.7 Å². The van der Waals surface area contributed by atoms with Crippen LogP contribution in [-0.4, -0.2) is 16.9 Å². The number of methoxy groups -OCH3 is 1. The number of halogens is 2. The molecule has 19 heavy (non-hydrogen) atoms. The van der Waals surface area contributed by atoms with Crippen LogP contribution in [0.2, 0.25) is 10.0 Å². The SMILES string of the molecule is COc1cc(C(NN)c2ccc(Cl)c(Cl)c2)nn1C. The molecular formula is C12H14Cl2N4O. The molecule has 0 radical (unpaired) electrons. The summed E-state index contributed by atoms with van der Waals surface area (Å²) in [7, 11) is 3.38. The molecule has 0 saturated heterocycles. The van der Waals surface area contributed by atoms with Crippen LogP contribution in [0, 0.1) is 0 Å². The Labute approximate surface area is 121 Å². The smallest absolute Gasteiger partial charge is 0.211 e. The summed E-state index contributed by atoms with van der Waals surface area (Å²) >= 11 is 11.9. The van der Waals surface area contributed by atoms with Gasteiger partial charge in [0.15, 0.2) is 0 Å². The number of aromatic nitrogens is 2. The molecule has 1 aromatic heterocycles. The van der Waals surface area contributed by atoms with E-state index >= 15 is 0 Å². The van der Waals surface area contributed by atoms with Crippen molar-refractivity contribution in [3.05, 3.63) is 45.6 Å². The third-order valence-electron chi connectivity index (χ3n) is 2.80. The van der Waals surface area contributed by atoms with E-state index in [4.69, 9.17) is 33.8 Å². The van der Waals surface area contributed by atoms with Gasteiger partial charge < -0.3 is 4.74 Å². The van der Waals surface area contributed by atoms with Gasteiger partial charge in [0.05, 0.1) is 28.9 Å². The van der Waals surface area contributed by atoms with E-state index in [0.717, 1.165) is 11.3 Å². The molecule has 2 rings (SSSR count). The van der Waals surface area contributed by atoms with Crippen LogP contribution >= 0.6 is 23.2 Å². The van der Waals surface area contributed by atoms with Crippen LogP contribution in [0.1, 0.15) is 17.3 Å².